The molecule has 1 aliphatic carbocycles. The van der Waals surface area contributed by atoms with Gasteiger partial charge in [-0.2, -0.15) is 0 Å². The molecule has 0 aromatic carbocycles. The Hall–Kier alpha value is -0.570. The highest BCUT2D eigenvalue weighted by Gasteiger charge is 2.30. The second-order valence-electron chi connectivity index (χ2n) is 4.12. The lowest BCUT2D eigenvalue weighted by atomic mass is 10.0. The van der Waals surface area contributed by atoms with Gasteiger partial charge in [0.25, 0.3) is 0 Å². The van der Waals surface area contributed by atoms with Crippen LogP contribution >= 0.6 is 0 Å². The van der Waals surface area contributed by atoms with Crippen LogP contribution in [0.1, 0.15) is 33.1 Å². The molecule has 14 heavy (non-hydrogen) atoms. The summed E-state index contributed by atoms with van der Waals surface area (Å²) >= 11 is 0. The fraction of sp³-hybridized carbons (Fsp3) is 0.909. The summed E-state index contributed by atoms with van der Waals surface area (Å²) in [6.07, 6.45) is 3.18. The zero-order valence-corrected chi connectivity index (χ0v) is 9.33. The van der Waals surface area contributed by atoms with Gasteiger partial charge in [-0.05, 0) is 45.6 Å². The molecule has 0 aliphatic heterocycles. The normalized spacial score (nSPS) is 26.5. The molecule has 3 heteroatoms. The van der Waals surface area contributed by atoms with Crippen LogP contribution in [-0.4, -0.2) is 30.4 Å². The van der Waals surface area contributed by atoms with Gasteiger partial charge in [-0.25, -0.2) is 0 Å². The standard InChI is InChI=1S/C11H22N2O/c1-3-13(4-2)11(14)10-6-5-9(7-10)8-12/h9-10H,3-8,12H2,1-2H3. The van der Waals surface area contributed by atoms with E-state index in [4.69, 9.17) is 5.73 Å². The van der Waals surface area contributed by atoms with Gasteiger partial charge in [-0.3, -0.25) is 4.79 Å². The van der Waals surface area contributed by atoms with Crippen LogP contribution in [0.2, 0.25) is 0 Å². The predicted octanol–water partition coefficient (Wildman–Crippen LogP) is 1.23. The molecule has 2 N–H and O–H groups in total. The maximum Gasteiger partial charge on any atom is 0.225 e. The van der Waals surface area contributed by atoms with Gasteiger partial charge in [0, 0.05) is 19.0 Å². The lowest BCUT2D eigenvalue weighted by molar-refractivity contribution is -0.135. The molecule has 1 saturated carbocycles. The van der Waals surface area contributed by atoms with Crippen LogP contribution < -0.4 is 5.73 Å². The van der Waals surface area contributed by atoms with Crippen molar-refractivity contribution in [1.82, 2.24) is 4.90 Å². The van der Waals surface area contributed by atoms with Crippen LogP contribution in [-0.2, 0) is 4.79 Å². The number of rotatable bonds is 4. The molecule has 2 atom stereocenters. The Morgan fingerprint density at radius 3 is 2.43 bits per heavy atom. The lowest BCUT2D eigenvalue weighted by Gasteiger charge is -2.22. The molecule has 1 rings (SSSR count). The van der Waals surface area contributed by atoms with Crippen LogP contribution in [0, 0.1) is 11.8 Å². The van der Waals surface area contributed by atoms with E-state index < -0.39 is 0 Å². The highest BCUT2D eigenvalue weighted by Crippen LogP contribution is 2.31. The van der Waals surface area contributed by atoms with E-state index in [1.165, 1.54) is 0 Å². The van der Waals surface area contributed by atoms with Crippen LogP contribution in [0.25, 0.3) is 0 Å². The van der Waals surface area contributed by atoms with E-state index in [-0.39, 0.29) is 5.92 Å². The van der Waals surface area contributed by atoms with Crippen molar-refractivity contribution >= 4 is 5.91 Å². The summed E-state index contributed by atoms with van der Waals surface area (Å²) in [6, 6.07) is 0. The summed E-state index contributed by atoms with van der Waals surface area (Å²) in [5, 5.41) is 0. The molecule has 1 amide bonds. The minimum Gasteiger partial charge on any atom is -0.343 e. The Kier molecular flexibility index (Phi) is 4.39. The van der Waals surface area contributed by atoms with E-state index in [2.05, 4.69) is 0 Å². The van der Waals surface area contributed by atoms with E-state index in [1.807, 2.05) is 18.7 Å². The summed E-state index contributed by atoms with van der Waals surface area (Å²) in [5.41, 5.74) is 5.61. The molecule has 0 aromatic rings. The molecular formula is C11H22N2O. The molecule has 0 aromatic heterocycles. The fourth-order valence-corrected chi connectivity index (χ4v) is 2.31. The third-order valence-electron chi connectivity index (χ3n) is 3.30. The Balaban J connectivity index is 2.45. The van der Waals surface area contributed by atoms with Crippen molar-refractivity contribution in [2.75, 3.05) is 19.6 Å². The number of hydrogen-bond acceptors (Lipinski definition) is 2. The monoisotopic (exact) mass is 198 g/mol. The number of carbonyl (C=O) groups excluding carboxylic acids is 1. The quantitative estimate of drug-likeness (QED) is 0.738. The SMILES string of the molecule is CCN(CC)C(=O)C1CCC(CN)C1. The summed E-state index contributed by atoms with van der Waals surface area (Å²) in [5.74, 6) is 1.17. The van der Waals surface area contributed by atoms with Gasteiger partial charge in [0.05, 0.1) is 0 Å². The maximum atomic E-state index is 12.0. The van der Waals surface area contributed by atoms with Crippen LogP contribution in [0.3, 0.4) is 0 Å². The average Bonchev–Trinajstić information content (AvgIpc) is 2.67. The highest BCUT2D eigenvalue weighted by atomic mass is 16.2. The number of carbonyl (C=O) groups is 1. The van der Waals surface area contributed by atoms with Crippen LogP contribution in [0.5, 0.6) is 0 Å². The van der Waals surface area contributed by atoms with Gasteiger partial charge < -0.3 is 10.6 Å². The summed E-state index contributed by atoms with van der Waals surface area (Å²) in [4.78, 5) is 13.9. The molecule has 3 nitrogen and oxygen atoms in total. The maximum absolute atomic E-state index is 12.0. The van der Waals surface area contributed by atoms with E-state index in [9.17, 15) is 4.79 Å². The van der Waals surface area contributed by atoms with Crippen LogP contribution in [0.15, 0.2) is 0 Å². The van der Waals surface area contributed by atoms with Gasteiger partial charge in [-0.1, -0.05) is 0 Å². The van der Waals surface area contributed by atoms with Crippen LogP contribution in [0.4, 0.5) is 0 Å². The number of nitrogens with zero attached hydrogens (tertiary/aromatic N) is 1. The highest BCUT2D eigenvalue weighted by molar-refractivity contribution is 5.79. The minimum atomic E-state index is 0.253. The number of amides is 1. The summed E-state index contributed by atoms with van der Waals surface area (Å²) < 4.78 is 0. The number of hydrogen-bond donors (Lipinski definition) is 1. The van der Waals surface area contributed by atoms with Crippen molar-refractivity contribution in [3.63, 3.8) is 0 Å². The molecule has 0 heterocycles. The van der Waals surface area contributed by atoms with Gasteiger partial charge >= 0.3 is 0 Å². The van der Waals surface area contributed by atoms with Crippen molar-refractivity contribution in [3.05, 3.63) is 0 Å². The van der Waals surface area contributed by atoms with Gasteiger partial charge in [-0.15, -0.1) is 0 Å². The lowest BCUT2D eigenvalue weighted by Crippen LogP contribution is -2.35. The molecule has 1 fully saturated rings. The molecule has 0 radical (unpaired) electrons. The van der Waals surface area contributed by atoms with E-state index >= 15 is 0 Å². The van der Waals surface area contributed by atoms with Gasteiger partial charge in [0.2, 0.25) is 5.91 Å². The molecule has 0 bridgehead atoms. The topological polar surface area (TPSA) is 46.3 Å². The molecule has 82 valence electrons. The molecule has 1 aliphatic rings. The van der Waals surface area contributed by atoms with E-state index in [0.717, 1.165) is 38.9 Å². The van der Waals surface area contributed by atoms with Crippen molar-refractivity contribution in [3.8, 4) is 0 Å². The first-order valence-electron chi connectivity index (χ1n) is 5.71. The molecule has 0 spiro atoms. The third kappa shape index (κ3) is 2.47. The first-order chi connectivity index (χ1) is 6.72. The molecule has 2 unspecified atom stereocenters. The zero-order chi connectivity index (χ0) is 10.6. The summed E-state index contributed by atoms with van der Waals surface area (Å²) in [7, 11) is 0. The van der Waals surface area contributed by atoms with Crippen molar-refractivity contribution in [2.45, 2.75) is 33.1 Å². The first-order valence-corrected chi connectivity index (χ1v) is 5.71. The predicted molar refractivity (Wildman–Crippen MR) is 57.8 cm³/mol. The number of nitrogens with two attached hydrogens (primary N) is 1. The minimum absolute atomic E-state index is 0.253. The largest absolute Gasteiger partial charge is 0.343 e. The van der Waals surface area contributed by atoms with Gasteiger partial charge in [0.15, 0.2) is 0 Å². The summed E-state index contributed by atoms with van der Waals surface area (Å²) in [6.45, 7) is 6.48. The smallest absolute Gasteiger partial charge is 0.225 e. The third-order valence-corrected chi connectivity index (χ3v) is 3.30. The Labute approximate surface area is 86.6 Å². The van der Waals surface area contributed by atoms with Crippen molar-refractivity contribution in [2.24, 2.45) is 17.6 Å². The van der Waals surface area contributed by atoms with E-state index in [1.54, 1.807) is 0 Å². The van der Waals surface area contributed by atoms with E-state index in [0.29, 0.717) is 11.8 Å². The average molecular weight is 198 g/mol. The molecule has 0 saturated heterocycles. The fourth-order valence-electron chi connectivity index (χ4n) is 2.31. The molecular weight excluding hydrogens is 176 g/mol. The zero-order valence-electron chi connectivity index (χ0n) is 9.33. The second kappa shape index (κ2) is 5.35. The second-order valence-corrected chi connectivity index (χ2v) is 4.12. The Bertz CT molecular complexity index is 190. The Morgan fingerprint density at radius 1 is 1.36 bits per heavy atom. The van der Waals surface area contributed by atoms with Crippen molar-refractivity contribution < 1.29 is 4.79 Å². The van der Waals surface area contributed by atoms with Crippen molar-refractivity contribution in [1.29, 1.82) is 0 Å². The first kappa shape index (κ1) is 11.5. The Morgan fingerprint density at radius 2 is 2.00 bits per heavy atom. The van der Waals surface area contributed by atoms with Gasteiger partial charge in [0.1, 0.15) is 0 Å².